The fourth-order valence-electron chi connectivity index (χ4n) is 2.15. The van der Waals surface area contributed by atoms with E-state index in [-0.39, 0.29) is 17.5 Å². The van der Waals surface area contributed by atoms with E-state index in [4.69, 9.17) is 0 Å². The van der Waals surface area contributed by atoms with Gasteiger partial charge in [0.2, 0.25) is 5.91 Å². The largest absolute Gasteiger partial charge is 0.352 e. The Labute approximate surface area is 154 Å². The number of amides is 2. The zero-order valence-corrected chi connectivity index (χ0v) is 15.1. The molecule has 0 saturated heterocycles. The molecule has 1 aromatic carbocycles. The van der Waals surface area contributed by atoms with Gasteiger partial charge in [-0.25, -0.2) is 9.97 Å². The Bertz CT molecular complexity index is 920. The first-order valence-electron chi connectivity index (χ1n) is 7.90. The van der Waals surface area contributed by atoms with E-state index in [0.717, 1.165) is 22.5 Å². The van der Waals surface area contributed by atoms with Crippen molar-refractivity contribution < 1.29 is 9.59 Å². The maximum absolute atomic E-state index is 12.2. The molecule has 0 unspecified atom stereocenters. The van der Waals surface area contributed by atoms with Crippen LogP contribution in [0.2, 0.25) is 0 Å². The van der Waals surface area contributed by atoms with Gasteiger partial charge in [0.1, 0.15) is 5.69 Å². The first-order valence-corrected chi connectivity index (χ1v) is 8.78. The molecule has 0 bridgehead atoms. The van der Waals surface area contributed by atoms with Gasteiger partial charge in [-0.15, -0.1) is 11.3 Å². The fraction of sp³-hybridized carbons (Fsp3) is 0.167. The molecule has 0 atom stereocenters. The van der Waals surface area contributed by atoms with E-state index < -0.39 is 0 Å². The van der Waals surface area contributed by atoms with Crippen molar-refractivity contribution in [2.45, 2.75) is 20.4 Å². The average Bonchev–Trinajstić information content (AvgIpc) is 3.09. The molecular weight excluding hydrogens is 350 g/mol. The fourth-order valence-corrected chi connectivity index (χ4v) is 2.87. The highest BCUT2D eigenvalue weighted by Crippen LogP contribution is 2.25. The van der Waals surface area contributed by atoms with Gasteiger partial charge < -0.3 is 5.32 Å². The highest BCUT2D eigenvalue weighted by molar-refractivity contribution is 7.14. The third-order valence-corrected chi connectivity index (χ3v) is 4.29. The van der Waals surface area contributed by atoms with Gasteiger partial charge in [0, 0.05) is 30.6 Å². The average molecular weight is 367 g/mol. The lowest BCUT2D eigenvalue weighted by Gasteiger charge is -2.03. The molecule has 2 aromatic heterocycles. The van der Waals surface area contributed by atoms with E-state index in [1.54, 1.807) is 6.20 Å². The molecule has 26 heavy (non-hydrogen) atoms. The molecule has 0 aliphatic rings. The van der Waals surface area contributed by atoms with Gasteiger partial charge in [-0.1, -0.05) is 24.3 Å². The lowest BCUT2D eigenvalue weighted by molar-refractivity contribution is -0.119. The number of carbonyl (C=O) groups is 2. The Balaban J connectivity index is 1.66. The molecule has 3 aromatic rings. The van der Waals surface area contributed by atoms with Crippen LogP contribution in [0.25, 0.3) is 11.3 Å². The second kappa shape index (κ2) is 7.83. The summed E-state index contributed by atoms with van der Waals surface area (Å²) in [5.74, 6) is -0.406. The van der Waals surface area contributed by atoms with Gasteiger partial charge in [0.05, 0.1) is 17.6 Å². The molecule has 0 aliphatic heterocycles. The van der Waals surface area contributed by atoms with Gasteiger partial charge in [0.25, 0.3) is 5.91 Å². The Morgan fingerprint density at radius 3 is 2.54 bits per heavy atom. The molecule has 0 aliphatic carbocycles. The number of hydrogen-bond donors (Lipinski definition) is 2. The van der Waals surface area contributed by atoms with E-state index in [2.05, 4.69) is 25.6 Å². The van der Waals surface area contributed by atoms with Crippen molar-refractivity contribution in [1.29, 1.82) is 0 Å². The third kappa shape index (κ3) is 4.48. The molecule has 8 heteroatoms. The van der Waals surface area contributed by atoms with Crippen LogP contribution in [0.15, 0.2) is 42.0 Å². The van der Waals surface area contributed by atoms with E-state index in [0.29, 0.717) is 11.7 Å². The number of nitrogens with one attached hydrogen (secondary N) is 2. The van der Waals surface area contributed by atoms with Gasteiger partial charge in [0.15, 0.2) is 5.13 Å². The number of anilines is 1. The van der Waals surface area contributed by atoms with Crippen molar-refractivity contribution in [3.05, 3.63) is 59.0 Å². The smallest absolute Gasteiger partial charge is 0.277 e. The first kappa shape index (κ1) is 17.7. The predicted octanol–water partition coefficient (Wildman–Crippen LogP) is 2.80. The number of thiazole rings is 1. The molecule has 0 saturated carbocycles. The maximum atomic E-state index is 12.2. The molecule has 132 valence electrons. The SMILES string of the molecule is CC(=O)NCc1ccc(-c2csc(NC(=O)c3cnc(C)cn3)n2)cc1. The number of benzene rings is 1. The number of aryl methyl sites for hydroxylation is 1. The second-order valence-electron chi connectivity index (χ2n) is 5.64. The quantitative estimate of drug-likeness (QED) is 0.723. The Morgan fingerprint density at radius 2 is 1.88 bits per heavy atom. The summed E-state index contributed by atoms with van der Waals surface area (Å²) in [6.07, 6.45) is 2.98. The summed E-state index contributed by atoms with van der Waals surface area (Å²) in [5, 5.41) is 7.85. The minimum Gasteiger partial charge on any atom is -0.352 e. The van der Waals surface area contributed by atoms with Crippen molar-refractivity contribution in [3.63, 3.8) is 0 Å². The second-order valence-corrected chi connectivity index (χ2v) is 6.50. The van der Waals surface area contributed by atoms with Gasteiger partial charge >= 0.3 is 0 Å². The summed E-state index contributed by atoms with van der Waals surface area (Å²) in [5.41, 5.74) is 3.70. The van der Waals surface area contributed by atoms with Crippen LogP contribution in [-0.2, 0) is 11.3 Å². The molecule has 0 fully saturated rings. The number of carbonyl (C=O) groups excluding carboxylic acids is 2. The van der Waals surface area contributed by atoms with Crippen molar-refractivity contribution in [3.8, 4) is 11.3 Å². The van der Waals surface area contributed by atoms with E-state index >= 15 is 0 Å². The van der Waals surface area contributed by atoms with Crippen molar-refractivity contribution in [2.24, 2.45) is 0 Å². The molecule has 0 spiro atoms. The van der Waals surface area contributed by atoms with Crippen LogP contribution in [0.3, 0.4) is 0 Å². The first-order chi connectivity index (χ1) is 12.5. The summed E-state index contributed by atoms with van der Waals surface area (Å²) >= 11 is 1.34. The molecule has 3 rings (SSSR count). The lowest BCUT2D eigenvalue weighted by atomic mass is 10.1. The van der Waals surface area contributed by atoms with Crippen molar-refractivity contribution in [2.75, 3.05) is 5.32 Å². The Hall–Kier alpha value is -3.13. The third-order valence-electron chi connectivity index (χ3n) is 3.53. The molecular formula is C18H17N5O2S. The number of rotatable bonds is 5. The zero-order chi connectivity index (χ0) is 18.5. The van der Waals surface area contributed by atoms with Crippen LogP contribution in [0.4, 0.5) is 5.13 Å². The summed E-state index contributed by atoms with van der Waals surface area (Å²) < 4.78 is 0. The van der Waals surface area contributed by atoms with Crippen molar-refractivity contribution in [1.82, 2.24) is 20.3 Å². The van der Waals surface area contributed by atoms with Crippen molar-refractivity contribution >= 4 is 28.3 Å². The van der Waals surface area contributed by atoms with Crippen LogP contribution in [0.5, 0.6) is 0 Å². The minimum absolute atomic E-state index is 0.0628. The maximum Gasteiger partial charge on any atom is 0.277 e. The van der Waals surface area contributed by atoms with Crippen LogP contribution in [-0.4, -0.2) is 26.8 Å². The highest BCUT2D eigenvalue weighted by Gasteiger charge is 2.11. The molecule has 0 radical (unpaired) electrons. The molecule has 2 N–H and O–H groups in total. The van der Waals surface area contributed by atoms with Crippen LogP contribution in [0.1, 0.15) is 28.7 Å². The number of nitrogens with zero attached hydrogens (tertiary/aromatic N) is 3. The normalized spacial score (nSPS) is 10.4. The zero-order valence-electron chi connectivity index (χ0n) is 14.3. The number of aromatic nitrogens is 3. The van der Waals surface area contributed by atoms with Gasteiger partial charge in [-0.3, -0.25) is 19.9 Å². The monoisotopic (exact) mass is 367 g/mol. The number of hydrogen-bond acceptors (Lipinski definition) is 6. The van der Waals surface area contributed by atoms with Crippen LogP contribution in [0, 0.1) is 6.92 Å². The standard InChI is InChI=1S/C18H17N5O2S/c1-11-7-21-15(9-19-11)17(25)23-18-22-16(10-26-18)14-5-3-13(4-6-14)8-20-12(2)24/h3-7,9-10H,8H2,1-2H3,(H,20,24)(H,22,23,25). The van der Waals surface area contributed by atoms with E-state index in [1.807, 2.05) is 36.6 Å². The lowest BCUT2D eigenvalue weighted by Crippen LogP contribution is -2.18. The van der Waals surface area contributed by atoms with Gasteiger partial charge in [-0.2, -0.15) is 0 Å². The molecule has 7 nitrogen and oxygen atoms in total. The van der Waals surface area contributed by atoms with E-state index in [1.165, 1.54) is 24.5 Å². The summed E-state index contributed by atoms with van der Waals surface area (Å²) in [7, 11) is 0. The Morgan fingerprint density at radius 1 is 1.12 bits per heavy atom. The van der Waals surface area contributed by atoms with Gasteiger partial charge in [-0.05, 0) is 12.5 Å². The van der Waals surface area contributed by atoms with Crippen LogP contribution >= 0.6 is 11.3 Å². The summed E-state index contributed by atoms with van der Waals surface area (Å²) in [6, 6.07) is 7.74. The summed E-state index contributed by atoms with van der Waals surface area (Å²) in [4.78, 5) is 35.7. The van der Waals surface area contributed by atoms with E-state index in [9.17, 15) is 9.59 Å². The minimum atomic E-state index is -0.343. The summed E-state index contributed by atoms with van der Waals surface area (Å²) in [6.45, 7) is 3.79. The highest BCUT2D eigenvalue weighted by atomic mass is 32.1. The molecule has 2 amide bonds. The predicted molar refractivity (Wildman–Crippen MR) is 99.8 cm³/mol. The van der Waals surface area contributed by atoms with Crippen LogP contribution < -0.4 is 10.6 Å². The topological polar surface area (TPSA) is 96.9 Å². The molecule has 2 heterocycles. The Kier molecular flexibility index (Phi) is 5.33.